The van der Waals surface area contributed by atoms with E-state index in [0.29, 0.717) is 0 Å². The summed E-state index contributed by atoms with van der Waals surface area (Å²) in [7, 11) is 0. The van der Waals surface area contributed by atoms with Gasteiger partial charge >= 0.3 is 0 Å². The second kappa shape index (κ2) is 33.2. The van der Waals surface area contributed by atoms with Gasteiger partial charge in [0, 0.05) is 32.7 Å². The van der Waals surface area contributed by atoms with Crippen LogP contribution < -0.4 is 0 Å². The van der Waals surface area contributed by atoms with E-state index in [0.717, 1.165) is 0 Å². The van der Waals surface area contributed by atoms with Crippen LogP contribution in [0.5, 0.6) is 0 Å². The van der Waals surface area contributed by atoms with Crippen molar-refractivity contribution in [2.45, 2.75) is 0 Å². The normalized spacial score (nSPS) is 3.43. The monoisotopic (exact) mass is 171 g/mol. The molecule has 0 nitrogen and oxygen atoms in total. The van der Waals surface area contributed by atoms with E-state index in [1.54, 1.807) is 0 Å². The minimum absolute atomic E-state index is 0. The van der Waals surface area contributed by atoms with Gasteiger partial charge in [0.05, 0.1) is 0 Å². The van der Waals surface area contributed by atoms with Gasteiger partial charge in [-0.15, -0.1) is 0 Å². The van der Waals surface area contributed by atoms with Gasteiger partial charge in [-0.25, -0.2) is 39.2 Å². The number of hydrogen-bond donors (Lipinski definition) is 0. The molecule has 0 aromatic carbocycles. The summed E-state index contributed by atoms with van der Waals surface area (Å²) in [6.45, 7) is 13.0. The van der Waals surface area contributed by atoms with E-state index >= 15 is 0 Å². The SMILES string of the molecule is C=C[CH2-].C=C[CH2-].[Y]. The second-order valence-corrected chi connectivity index (χ2v) is 0.577. The van der Waals surface area contributed by atoms with Crippen molar-refractivity contribution in [1.29, 1.82) is 0 Å². The predicted molar refractivity (Wildman–Crippen MR) is 31.1 cm³/mol. The van der Waals surface area contributed by atoms with Crippen molar-refractivity contribution < 1.29 is 32.7 Å². The first kappa shape index (κ1) is 15.7. The molecule has 0 saturated heterocycles. The van der Waals surface area contributed by atoms with Gasteiger partial charge in [-0.05, 0) is 0 Å². The molecule has 0 aromatic rings. The van der Waals surface area contributed by atoms with Crippen molar-refractivity contribution in [1.82, 2.24) is 0 Å². The molecule has 1 radical (unpaired) electrons. The topological polar surface area (TPSA) is 0 Å². The summed E-state index contributed by atoms with van der Waals surface area (Å²) in [4.78, 5) is 0. The quantitative estimate of drug-likeness (QED) is 0.489. The number of hydrogen-bond acceptors (Lipinski definition) is 0. The largest absolute Gasteiger partial charge is 0.245 e. The molecule has 0 N–H and O–H groups in total. The van der Waals surface area contributed by atoms with E-state index in [9.17, 15) is 0 Å². The summed E-state index contributed by atoms with van der Waals surface area (Å²) < 4.78 is 0. The average Bonchev–Trinajstić information content (AvgIpc) is 1.39. The first-order valence-electron chi connectivity index (χ1n) is 1.63. The smallest absolute Gasteiger partial charge is 0 e. The van der Waals surface area contributed by atoms with Gasteiger partial charge in [0.15, 0.2) is 0 Å². The van der Waals surface area contributed by atoms with Crippen LogP contribution in [0.2, 0.25) is 0 Å². The zero-order valence-electron chi connectivity index (χ0n) is 4.56. The van der Waals surface area contributed by atoms with Crippen LogP contribution in [0.4, 0.5) is 0 Å². The molecule has 0 aromatic heterocycles. The maximum atomic E-state index is 3.25. The standard InChI is InChI=1S/2C3H5.Y/c2*1-3-2;/h2*3H,1-2H2;/q2*-1;. The molecule has 0 fully saturated rings. The molecular formula is C6H10Y-2. The second-order valence-electron chi connectivity index (χ2n) is 0.577. The molecule has 1 heteroatoms. The minimum atomic E-state index is 0. The van der Waals surface area contributed by atoms with Gasteiger partial charge in [-0.1, -0.05) is 0 Å². The van der Waals surface area contributed by atoms with Crippen molar-refractivity contribution in [2.24, 2.45) is 0 Å². The Morgan fingerprint density at radius 3 is 1.00 bits per heavy atom. The molecule has 0 heterocycles. The van der Waals surface area contributed by atoms with E-state index in [1.165, 1.54) is 12.2 Å². The molecule has 0 aliphatic rings. The first-order valence-corrected chi connectivity index (χ1v) is 1.63. The van der Waals surface area contributed by atoms with Crippen LogP contribution in [-0.2, 0) is 32.7 Å². The van der Waals surface area contributed by atoms with E-state index in [2.05, 4.69) is 27.0 Å². The van der Waals surface area contributed by atoms with E-state index in [-0.39, 0.29) is 32.7 Å². The van der Waals surface area contributed by atoms with Gasteiger partial charge in [0.1, 0.15) is 0 Å². The molecule has 0 spiro atoms. The van der Waals surface area contributed by atoms with Crippen LogP contribution in [0, 0.1) is 13.8 Å². The third-order valence-electron chi connectivity index (χ3n) is 0. The minimum Gasteiger partial charge on any atom is -0.245 e. The molecule has 0 rings (SSSR count). The van der Waals surface area contributed by atoms with Crippen molar-refractivity contribution in [2.75, 3.05) is 0 Å². The number of rotatable bonds is 0. The van der Waals surface area contributed by atoms with E-state index in [4.69, 9.17) is 0 Å². The molecule has 39 valence electrons. The maximum absolute atomic E-state index is 3.25. The Labute approximate surface area is 71.6 Å². The Morgan fingerprint density at radius 1 is 1.00 bits per heavy atom. The van der Waals surface area contributed by atoms with E-state index in [1.807, 2.05) is 0 Å². The Hall–Kier alpha value is 0.324. The third-order valence-corrected chi connectivity index (χ3v) is 0. The van der Waals surface area contributed by atoms with E-state index < -0.39 is 0 Å². The molecule has 7 heavy (non-hydrogen) atoms. The summed E-state index contributed by atoms with van der Waals surface area (Å²) in [5.74, 6) is 0. The number of allylic oxidation sites excluding steroid dienone is 2. The molecular weight excluding hydrogens is 161 g/mol. The first-order chi connectivity index (χ1) is 2.83. The molecule has 0 atom stereocenters. The summed E-state index contributed by atoms with van der Waals surface area (Å²) >= 11 is 0. The Morgan fingerprint density at radius 2 is 1.00 bits per heavy atom. The van der Waals surface area contributed by atoms with Crippen molar-refractivity contribution in [3.05, 3.63) is 39.2 Å². The third kappa shape index (κ3) is 1130. The van der Waals surface area contributed by atoms with Gasteiger partial charge in [0.2, 0.25) is 0 Å². The Balaban J connectivity index is -0.0000000400. The zero-order chi connectivity index (χ0) is 5.41. The zero-order valence-corrected chi connectivity index (χ0v) is 7.40. The van der Waals surface area contributed by atoms with Crippen molar-refractivity contribution in [3.63, 3.8) is 0 Å². The Bertz CT molecular complexity index is 25.2. The molecule has 0 aliphatic carbocycles. The Kier molecular flexibility index (Phi) is 74.3. The van der Waals surface area contributed by atoms with Crippen LogP contribution in [0.3, 0.4) is 0 Å². The van der Waals surface area contributed by atoms with Crippen LogP contribution in [0.15, 0.2) is 25.3 Å². The molecule has 0 amide bonds. The van der Waals surface area contributed by atoms with Gasteiger partial charge in [0.25, 0.3) is 0 Å². The molecule has 0 unspecified atom stereocenters. The van der Waals surface area contributed by atoms with Crippen LogP contribution in [0.25, 0.3) is 0 Å². The van der Waals surface area contributed by atoms with Crippen molar-refractivity contribution in [3.8, 4) is 0 Å². The van der Waals surface area contributed by atoms with Crippen LogP contribution >= 0.6 is 0 Å². The van der Waals surface area contributed by atoms with Gasteiger partial charge < -0.3 is 0 Å². The van der Waals surface area contributed by atoms with Crippen molar-refractivity contribution >= 4 is 0 Å². The van der Waals surface area contributed by atoms with Crippen LogP contribution in [0.1, 0.15) is 0 Å². The maximum Gasteiger partial charge on any atom is 0 e. The molecule has 0 saturated carbocycles. The molecule has 0 bridgehead atoms. The van der Waals surface area contributed by atoms with Gasteiger partial charge in [-0.3, -0.25) is 0 Å². The fourth-order valence-corrected chi connectivity index (χ4v) is 0. The molecule has 0 aliphatic heterocycles. The van der Waals surface area contributed by atoms with Gasteiger partial charge in [-0.2, -0.15) is 0 Å². The summed E-state index contributed by atoms with van der Waals surface area (Å²) in [6, 6.07) is 0. The van der Waals surface area contributed by atoms with Crippen LogP contribution in [-0.4, -0.2) is 0 Å². The fraction of sp³-hybridized carbons (Fsp3) is 0. The average molecular weight is 171 g/mol. The summed E-state index contributed by atoms with van der Waals surface area (Å²) in [6.07, 6.45) is 3.00. The fourth-order valence-electron chi connectivity index (χ4n) is 0. The predicted octanol–water partition coefficient (Wildman–Crippen LogP) is 2.01. The summed E-state index contributed by atoms with van der Waals surface area (Å²) in [5, 5.41) is 0. The summed E-state index contributed by atoms with van der Waals surface area (Å²) in [5.41, 5.74) is 0.